The first kappa shape index (κ1) is 21.0. The number of Topliss-reactive ketones (excluding diaryl/α,β-unsaturated/α-hetero) is 1. The molecule has 0 N–H and O–H groups in total. The largest absolute Gasteiger partial charge is 0.296 e. The molecule has 0 radical (unpaired) electrons. The standard InChI is InChI=1S/C28H19BrN2O2/c1-18(32)24-15-27(28(33)22-8-5-9-23(29)14-22)31-17-30-25(16-26(24)31)21-12-10-20(11-13-21)19-6-3-2-4-7-19/h2-17H,1H3. The van der Waals surface area contributed by atoms with Crippen molar-refractivity contribution < 1.29 is 9.59 Å². The molecule has 0 aliphatic rings. The van der Waals surface area contributed by atoms with Crippen molar-refractivity contribution in [3.8, 4) is 22.4 Å². The highest BCUT2D eigenvalue weighted by molar-refractivity contribution is 9.10. The molecule has 0 aliphatic carbocycles. The van der Waals surface area contributed by atoms with Crippen LogP contribution >= 0.6 is 15.9 Å². The number of benzene rings is 3. The number of carbonyl (C=O) groups excluding carboxylic acids is 2. The van der Waals surface area contributed by atoms with Crippen molar-refractivity contribution in [3.05, 3.63) is 119 Å². The molecule has 0 bridgehead atoms. The molecule has 0 saturated carbocycles. The van der Waals surface area contributed by atoms with E-state index in [1.807, 2.05) is 48.5 Å². The smallest absolute Gasteiger partial charge is 0.209 e. The second-order valence-corrected chi connectivity index (χ2v) is 8.73. The van der Waals surface area contributed by atoms with Crippen molar-refractivity contribution >= 4 is 33.0 Å². The number of ketones is 2. The second kappa shape index (κ2) is 8.60. The molecule has 2 aromatic heterocycles. The van der Waals surface area contributed by atoms with Crippen LogP contribution in [0.2, 0.25) is 0 Å². The van der Waals surface area contributed by atoms with Crippen LogP contribution in [0.25, 0.3) is 27.9 Å². The number of halogens is 1. The van der Waals surface area contributed by atoms with Crippen molar-refractivity contribution in [2.75, 3.05) is 0 Å². The molecular weight excluding hydrogens is 476 g/mol. The molecule has 160 valence electrons. The minimum absolute atomic E-state index is 0.0997. The highest BCUT2D eigenvalue weighted by atomic mass is 79.9. The maximum atomic E-state index is 13.2. The third-order valence-electron chi connectivity index (χ3n) is 5.65. The molecule has 0 saturated heterocycles. The predicted octanol–water partition coefficient (Wildman–Crippen LogP) is 6.86. The fourth-order valence-corrected chi connectivity index (χ4v) is 4.35. The van der Waals surface area contributed by atoms with Gasteiger partial charge in [-0.2, -0.15) is 0 Å². The zero-order chi connectivity index (χ0) is 22.9. The van der Waals surface area contributed by atoms with Gasteiger partial charge in [0.15, 0.2) is 5.78 Å². The van der Waals surface area contributed by atoms with Crippen molar-refractivity contribution in [1.29, 1.82) is 0 Å². The first-order chi connectivity index (χ1) is 16.0. The summed E-state index contributed by atoms with van der Waals surface area (Å²) >= 11 is 3.41. The van der Waals surface area contributed by atoms with Gasteiger partial charge in [-0.05, 0) is 42.3 Å². The summed E-state index contributed by atoms with van der Waals surface area (Å²) in [5.74, 6) is -0.266. The molecule has 5 heteroatoms. The SMILES string of the molecule is CC(=O)c1cc(C(=O)c2cccc(Br)c2)n2cnc(-c3ccc(-c4ccccc4)cc3)cc12. The molecule has 2 heterocycles. The predicted molar refractivity (Wildman–Crippen MR) is 134 cm³/mol. The third-order valence-corrected chi connectivity index (χ3v) is 6.14. The van der Waals surface area contributed by atoms with E-state index >= 15 is 0 Å². The summed E-state index contributed by atoms with van der Waals surface area (Å²) in [5, 5.41) is 0. The Balaban J connectivity index is 1.57. The van der Waals surface area contributed by atoms with Crippen LogP contribution in [0.5, 0.6) is 0 Å². The summed E-state index contributed by atoms with van der Waals surface area (Å²) in [7, 11) is 0. The Labute approximate surface area is 199 Å². The average Bonchev–Trinajstić information content (AvgIpc) is 3.23. The van der Waals surface area contributed by atoms with E-state index in [0.29, 0.717) is 22.3 Å². The summed E-state index contributed by atoms with van der Waals surface area (Å²) < 4.78 is 2.52. The highest BCUT2D eigenvalue weighted by Crippen LogP contribution is 2.27. The monoisotopic (exact) mass is 494 g/mol. The van der Waals surface area contributed by atoms with Crippen LogP contribution in [0.3, 0.4) is 0 Å². The van der Waals surface area contributed by atoms with E-state index in [0.717, 1.165) is 26.9 Å². The van der Waals surface area contributed by atoms with Crippen molar-refractivity contribution in [2.45, 2.75) is 6.92 Å². The topological polar surface area (TPSA) is 51.4 Å². The maximum absolute atomic E-state index is 13.2. The summed E-state index contributed by atoms with van der Waals surface area (Å²) in [4.78, 5) is 30.2. The number of hydrogen-bond acceptors (Lipinski definition) is 3. The highest BCUT2D eigenvalue weighted by Gasteiger charge is 2.20. The quantitative estimate of drug-likeness (QED) is 0.250. The summed E-state index contributed by atoms with van der Waals surface area (Å²) in [6.07, 6.45) is 1.62. The lowest BCUT2D eigenvalue weighted by molar-refractivity contribution is 0.101. The van der Waals surface area contributed by atoms with Gasteiger partial charge in [0.05, 0.1) is 16.9 Å². The first-order valence-corrected chi connectivity index (χ1v) is 11.3. The molecular formula is C28H19BrN2O2. The fraction of sp³-hybridized carbons (Fsp3) is 0.0357. The van der Waals surface area contributed by atoms with Gasteiger partial charge in [0.25, 0.3) is 0 Å². The van der Waals surface area contributed by atoms with Crippen molar-refractivity contribution in [2.24, 2.45) is 0 Å². The van der Waals surface area contributed by atoms with Gasteiger partial charge in [0, 0.05) is 21.2 Å². The van der Waals surface area contributed by atoms with Gasteiger partial charge in [-0.15, -0.1) is 0 Å². The zero-order valence-corrected chi connectivity index (χ0v) is 19.4. The Hall–Kier alpha value is -3.83. The van der Waals surface area contributed by atoms with Crippen molar-refractivity contribution in [1.82, 2.24) is 9.38 Å². The number of fused-ring (bicyclic) bond motifs is 1. The van der Waals surface area contributed by atoms with Crippen LogP contribution in [-0.4, -0.2) is 21.0 Å². The number of rotatable bonds is 5. The van der Waals surface area contributed by atoms with E-state index in [1.54, 1.807) is 28.9 Å². The van der Waals surface area contributed by atoms with Gasteiger partial charge in [-0.25, -0.2) is 4.98 Å². The molecule has 5 aromatic rings. The molecule has 0 atom stereocenters. The van der Waals surface area contributed by atoms with E-state index in [1.165, 1.54) is 6.92 Å². The van der Waals surface area contributed by atoms with Crippen LogP contribution in [0.15, 0.2) is 102 Å². The second-order valence-electron chi connectivity index (χ2n) is 7.81. The van der Waals surface area contributed by atoms with Gasteiger partial charge in [-0.1, -0.05) is 82.7 Å². The van der Waals surface area contributed by atoms with Crippen molar-refractivity contribution in [3.63, 3.8) is 0 Å². The van der Waals surface area contributed by atoms with E-state index in [2.05, 4.69) is 45.2 Å². The summed E-state index contributed by atoms with van der Waals surface area (Å²) in [6.45, 7) is 1.51. The lowest BCUT2D eigenvalue weighted by atomic mass is 10.0. The van der Waals surface area contributed by atoms with Crippen LogP contribution in [0.1, 0.15) is 33.3 Å². The zero-order valence-electron chi connectivity index (χ0n) is 17.8. The van der Waals surface area contributed by atoms with Crippen LogP contribution in [-0.2, 0) is 0 Å². The number of carbonyl (C=O) groups is 2. The Bertz CT molecular complexity index is 1500. The molecule has 0 unspecified atom stereocenters. The molecule has 4 nitrogen and oxygen atoms in total. The Morgan fingerprint density at radius 2 is 1.48 bits per heavy atom. The van der Waals surface area contributed by atoms with E-state index in [9.17, 15) is 9.59 Å². The number of nitrogens with zero attached hydrogens (tertiary/aromatic N) is 2. The van der Waals surface area contributed by atoms with Gasteiger partial charge >= 0.3 is 0 Å². The summed E-state index contributed by atoms with van der Waals surface area (Å²) in [5.41, 5.74) is 6.06. The summed E-state index contributed by atoms with van der Waals surface area (Å²) in [6, 6.07) is 29.1. The Morgan fingerprint density at radius 1 is 0.788 bits per heavy atom. The van der Waals surface area contributed by atoms with E-state index in [4.69, 9.17) is 0 Å². The third kappa shape index (κ3) is 4.03. The van der Waals surface area contributed by atoms with Gasteiger partial charge < -0.3 is 0 Å². The van der Waals surface area contributed by atoms with E-state index < -0.39 is 0 Å². The maximum Gasteiger partial charge on any atom is 0.209 e. The molecule has 3 aromatic carbocycles. The first-order valence-electron chi connectivity index (χ1n) is 10.5. The van der Waals surface area contributed by atoms with Gasteiger partial charge in [-0.3, -0.25) is 14.0 Å². The van der Waals surface area contributed by atoms with Crippen LogP contribution in [0, 0.1) is 0 Å². The van der Waals surface area contributed by atoms with Gasteiger partial charge in [0.2, 0.25) is 5.78 Å². The molecule has 0 fully saturated rings. The lowest BCUT2D eigenvalue weighted by Crippen LogP contribution is -2.05. The Morgan fingerprint density at radius 3 is 2.18 bits per heavy atom. The molecule has 5 rings (SSSR count). The lowest BCUT2D eigenvalue weighted by Gasteiger charge is -2.07. The van der Waals surface area contributed by atoms with E-state index in [-0.39, 0.29) is 11.6 Å². The number of aromatic nitrogens is 2. The number of hydrogen-bond donors (Lipinski definition) is 0. The normalized spacial score (nSPS) is 11.0. The Kier molecular flexibility index (Phi) is 5.48. The fourth-order valence-electron chi connectivity index (χ4n) is 3.95. The minimum atomic E-state index is -0.166. The molecule has 0 spiro atoms. The van der Waals surface area contributed by atoms with Gasteiger partial charge in [0.1, 0.15) is 6.33 Å². The minimum Gasteiger partial charge on any atom is -0.296 e. The molecule has 0 aliphatic heterocycles. The molecule has 33 heavy (non-hydrogen) atoms. The van der Waals surface area contributed by atoms with Crippen LogP contribution in [0.4, 0.5) is 0 Å². The van der Waals surface area contributed by atoms with Crippen LogP contribution < -0.4 is 0 Å². The molecule has 0 amide bonds. The average molecular weight is 495 g/mol.